The second kappa shape index (κ2) is 4.47. The number of anilines is 1. The number of pyridine rings is 1. The Bertz CT molecular complexity index is 410. The van der Waals surface area contributed by atoms with Crippen molar-refractivity contribution in [2.75, 3.05) is 11.4 Å². The number of aldehydes is 1. The van der Waals surface area contributed by atoms with Gasteiger partial charge < -0.3 is 4.90 Å². The van der Waals surface area contributed by atoms with Crippen molar-refractivity contribution >= 4 is 12.1 Å². The summed E-state index contributed by atoms with van der Waals surface area (Å²) in [6.45, 7) is 6.59. The van der Waals surface area contributed by atoms with Crippen LogP contribution in [0.15, 0.2) is 24.9 Å². The molecule has 0 amide bonds. The Morgan fingerprint density at radius 1 is 1.62 bits per heavy atom. The highest BCUT2D eigenvalue weighted by atomic mass is 16.1. The minimum absolute atomic E-state index is 0.603. The van der Waals surface area contributed by atoms with E-state index in [0.717, 1.165) is 24.2 Å². The van der Waals surface area contributed by atoms with E-state index in [2.05, 4.69) is 16.5 Å². The summed E-state index contributed by atoms with van der Waals surface area (Å²) in [4.78, 5) is 17.3. The summed E-state index contributed by atoms with van der Waals surface area (Å²) in [7, 11) is 0. The lowest BCUT2D eigenvalue weighted by atomic mass is 10.2. The maximum absolute atomic E-state index is 10.6. The Labute approximate surface area is 95.8 Å². The van der Waals surface area contributed by atoms with E-state index < -0.39 is 0 Å². The smallest absolute Gasteiger partial charge is 0.151 e. The molecule has 0 N–H and O–H groups in total. The van der Waals surface area contributed by atoms with Crippen molar-refractivity contribution in [1.82, 2.24) is 4.98 Å². The lowest BCUT2D eigenvalue weighted by Gasteiger charge is -2.23. The molecule has 3 nitrogen and oxygen atoms in total. The van der Waals surface area contributed by atoms with Crippen molar-refractivity contribution < 1.29 is 4.79 Å². The summed E-state index contributed by atoms with van der Waals surface area (Å²) in [6, 6.07) is 2.49. The number of carbonyl (C=O) groups is 1. The number of hydrogen-bond donors (Lipinski definition) is 0. The van der Waals surface area contributed by atoms with E-state index in [1.165, 1.54) is 12.8 Å². The molecule has 1 aromatic rings. The molecule has 1 aliphatic rings. The monoisotopic (exact) mass is 216 g/mol. The molecule has 1 fully saturated rings. The van der Waals surface area contributed by atoms with Gasteiger partial charge in [0.1, 0.15) is 5.82 Å². The average molecular weight is 216 g/mol. The predicted molar refractivity (Wildman–Crippen MR) is 64.9 cm³/mol. The Balaban J connectivity index is 2.29. The van der Waals surface area contributed by atoms with Crippen LogP contribution in [0.25, 0.3) is 0 Å². The van der Waals surface area contributed by atoms with Crippen molar-refractivity contribution in [2.45, 2.75) is 25.8 Å². The van der Waals surface area contributed by atoms with Crippen molar-refractivity contribution in [2.24, 2.45) is 0 Å². The number of nitrogens with zero attached hydrogens (tertiary/aromatic N) is 2. The molecule has 1 aliphatic carbocycles. The van der Waals surface area contributed by atoms with Crippen LogP contribution in [0.1, 0.15) is 28.8 Å². The molecule has 0 aliphatic heterocycles. The molecule has 1 aromatic heterocycles. The highest BCUT2D eigenvalue weighted by Crippen LogP contribution is 2.32. The Kier molecular flexibility index (Phi) is 3.04. The van der Waals surface area contributed by atoms with Crippen LogP contribution in [-0.4, -0.2) is 23.9 Å². The molecule has 0 aromatic carbocycles. The summed E-state index contributed by atoms with van der Waals surface area (Å²) in [5, 5.41) is 0. The zero-order valence-corrected chi connectivity index (χ0v) is 9.52. The summed E-state index contributed by atoms with van der Waals surface area (Å²) < 4.78 is 0. The number of aryl methyl sites for hydroxylation is 1. The maximum Gasteiger partial charge on any atom is 0.151 e. The number of aromatic nitrogens is 1. The van der Waals surface area contributed by atoms with E-state index >= 15 is 0 Å². The second-order valence-corrected chi connectivity index (χ2v) is 4.20. The molecule has 1 heterocycles. The van der Waals surface area contributed by atoms with Crippen LogP contribution < -0.4 is 4.90 Å². The van der Waals surface area contributed by atoms with Gasteiger partial charge in [-0.15, -0.1) is 6.58 Å². The minimum Gasteiger partial charge on any atom is -0.350 e. The van der Waals surface area contributed by atoms with Crippen LogP contribution in [0.5, 0.6) is 0 Å². The molecule has 0 bridgehead atoms. The topological polar surface area (TPSA) is 33.2 Å². The SMILES string of the molecule is C=CCN(c1ncc(C=O)cc1C)C1CC1. The van der Waals surface area contributed by atoms with Gasteiger partial charge in [0.2, 0.25) is 0 Å². The molecule has 84 valence electrons. The van der Waals surface area contributed by atoms with Gasteiger partial charge >= 0.3 is 0 Å². The molecule has 2 rings (SSSR count). The molecule has 0 saturated heterocycles. The van der Waals surface area contributed by atoms with Crippen LogP contribution in [-0.2, 0) is 0 Å². The van der Waals surface area contributed by atoms with Gasteiger partial charge in [-0.3, -0.25) is 4.79 Å². The van der Waals surface area contributed by atoms with Gasteiger partial charge in [-0.25, -0.2) is 4.98 Å². The normalized spacial score (nSPS) is 14.6. The summed E-state index contributed by atoms with van der Waals surface area (Å²) in [6.07, 6.45) is 6.81. The van der Waals surface area contributed by atoms with Gasteiger partial charge in [0.15, 0.2) is 6.29 Å². The molecule has 16 heavy (non-hydrogen) atoms. The fourth-order valence-corrected chi connectivity index (χ4v) is 1.89. The first kappa shape index (κ1) is 10.9. The number of rotatable bonds is 5. The van der Waals surface area contributed by atoms with Gasteiger partial charge in [0, 0.05) is 24.3 Å². The van der Waals surface area contributed by atoms with Crippen molar-refractivity contribution in [3.63, 3.8) is 0 Å². The molecular weight excluding hydrogens is 200 g/mol. The van der Waals surface area contributed by atoms with Gasteiger partial charge in [0.05, 0.1) is 0 Å². The van der Waals surface area contributed by atoms with Crippen LogP contribution in [0.3, 0.4) is 0 Å². The fraction of sp³-hybridized carbons (Fsp3) is 0.385. The standard InChI is InChI=1S/C13H16N2O/c1-3-6-15(12-4-5-12)13-10(2)7-11(9-16)8-14-13/h3,7-9,12H,1,4-6H2,2H3. The predicted octanol–water partition coefficient (Wildman–Crippen LogP) is 2.36. The molecule has 0 radical (unpaired) electrons. The third-order valence-electron chi connectivity index (χ3n) is 2.79. The Morgan fingerprint density at radius 3 is 2.88 bits per heavy atom. The summed E-state index contributed by atoms with van der Waals surface area (Å²) >= 11 is 0. The second-order valence-electron chi connectivity index (χ2n) is 4.20. The molecule has 3 heteroatoms. The minimum atomic E-state index is 0.603. The molecule has 1 saturated carbocycles. The van der Waals surface area contributed by atoms with E-state index in [0.29, 0.717) is 11.6 Å². The lowest BCUT2D eigenvalue weighted by Crippen LogP contribution is -2.27. The van der Waals surface area contributed by atoms with E-state index in [-0.39, 0.29) is 0 Å². The summed E-state index contributed by atoms with van der Waals surface area (Å²) in [5.74, 6) is 0.980. The van der Waals surface area contributed by atoms with E-state index in [9.17, 15) is 4.79 Å². The highest BCUT2D eigenvalue weighted by molar-refractivity contribution is 5.75. The van der Waals surface area contributed by atoms with E-state index in [1.807, 2.05) is 19.1 Å². The zero-order chi connectivity index (χ0) is 11.5. The van der Waals surface area contributed by atoms with Crippen molar-refractivity contribution in [3.8, 4) is 0 Å². The highest BCUT2D eigenvalue weighted by Gasteiger charge is 2.29. The third kappa shape index (κ3) is 2.13. The van der Waals surface area contributed by atoms with Crippen LogP contribution in [0.2, 0.25) is 0 Å². The third-order valence-corrected chi connectivity index (χ3v) is 2.79. The Morgan fingerprint density at radius 2 is 2.38 bits per heavy atom. The first-order valence-electron chi connectivity index (χ1n) is 5.55. The first-order valence-corrected chi connectivity index (χ1v) is 5.55. The molecular formula is C13H16N2O. The quantitative estimate of drug-likeness (QED) is 0.559. The van der Waals surface area contributed by atoms with Crippen LogP contribution in [0, 0.1) is 6.92 Å². The van der Waals surface area contributed by atoms with Gasteiger partial charge in [0.25, 0.3) is 0 Å². The molecule has 0 spiro atoms. The molecule has 0 unspecified atom stereocenters. The summed E-state index contributed by atoms with van der Waals surface area (Å²) in [5.41, 5.74) is 1.69. The maximum atomic E-state index is 10.6. The number of carbonyl (C=O) groups excluding carboxylic acids is 1. The van der Waals surface area contributed by atoms with Crippen LogP contribution >= 0.6 is 0 Å². The van der Waals surface area contributed by atoms with E-state index in [4.69, 9.17) is 0 Å². The fourth-order valence-electron chi connectivity index (χ4n) is 1.89. The lowest BCUT2D eigenvalue weighted by molar-refractivity contribution is 0.112. The van der Waals surface area contributed by atoms with Crippen LogP contribution in [0.4, 0.5) is 5.82 Å². The van der Waals surface area contributed by atoms with Gasteiger partial charge in [-0.1, -0.05) is 6.08 Å². The zero-order valence-electron chi connectivity index (χ0n) is 9.52. The van der Waals surface area contributed by atoms with Gasteiger partial charge in [-0.05, 0) is 31.4 Å². The van der Waals surface area contributed by atoms with E-state index in [1.54, 1.807) is 6.20 Å². The Hall–Kier alpha value is -1.64. The first-order chi connectivity index (χ1) is 7.76. The molecule has 0 atom stereocenters. The van der Waals surface area contributed by atoms with Crippen molar-refractivity contribution in [3.05, 3.63) is 36.0 Å². The van der Waals surface area contributed by atoms with Crippen molar-refractivity contribution in [1.29, 1.82) is 0 Å². The average Bonchev–Trinajstić information content (AvgIpc) is 3.10. The largest absolute Gasteiger partial charge is 0.350 e. The van der Waals surface area contributed by atoms with Gasteiger partial charge in [-0.2, -0.15) is 0 Å². The number of hydrogen-bond acceptors (Lipinski definition) is 3.